The third-order valence-corrected chi connectivity index (χ3v) is 4.88. The smallest absolute Gasteiger partial charge is 0.227 e. The molecule has 0 bridgehead atoms. The Kier molecular flexibility index (Phi) is 5.22. The van der Waals surface area contributed by atoms with E-state index >= 15 is 0 Å². The maximum Gasteiger partial charge on any atom is 0.227 e. The Balaban J connectivity index is 2.04. The summed E-state index contributed by atoms with van der Waals surface area (Å²) in [5, 5.41) is 6.54. The summed E-state index contributed by atoms with van der Waals surface area (Å²) in [7, 11) is 0. The molecule has 1 saturated heterocycles. The summed E-state index contributed by atoms with van der Waals surface area (Å²) in [5.41, 5.74) is 0.901. The van der Waals surface area contributed by atoms with Crippen LogP contribution in [0.2, 0.25) is 0 Å². The third kappa shape index (κ3) is 3.41. The zero-order chi connectivity index (χ0) is 14.6. The molecule has 1 amide bonds. The highest BCUT2D eigenvalue weighted by molar-refractivity contribution is 9.10. The molecular weight excluding hydrogens is 316 g/mol. The molecule has 2 rings (SSSR count). The van der Waals surface area contributed by atoms with Gasteiger partial charge in [0.05, 0.1) is 11.5 Å². The van der Waals surface area contributed by atoms with Crippen LogP contribution in [0.15, 0.2) is 28.7 Å². The van der Waals surface area contributed by atoms with Crippen molar-refractivity contribution in [1.29, 1.82) is 0 Å². The second-order valence-corrected chi connectivity index (χ2v) is 6.58. The number of piperidine rings is 1. The van der Waals surface area contributed by atoms with Crippen LogP contribution in [0.25, 0.3) is 0 Å². The largest absolute Gasteiger partial charge is 0.349 e. The lowest BCUT2D eigenvalue weighted by Gasteiger charge is -2.36. The minimum atomic E-state index is -0.234. The summed E-state index contributed by atoms with van der Waals surface area (Å²) < 4.78 is 1.06. The van der Waals surface area contributed by atoms with Gasteiger partial charge in [0.1, 0.15) is 0 Å². The summed E-state index contributed by atoms with van der Waals surface area (Å²) in [6.45, 7) is 5.97. The normalized spacial score (nSPS) is 24.1. The Morgan fingerprint density at radius 3 is 2.70 bits per heavy atom. The Labute approximate surface area is 129 Å². The number of hydrogen-bond acceptors (Lipinski definition) is 2. The van der Waals surface area contributed by atoms with Crippen molar-refractivity contribution in [3.8, 4) is 0 Å². The summed E-state index contributed by atoms with van der Waals surface area (Å²) in [5.74, 6) is 0.183. The van der Waals surface area contributed by atoms with Crippen molar-refractivity contribution in [1.82, 2.24) is 10.6 Å². The zero-order valence-corrected chi connectivity index (χ0v) is 13.8. The molecule has 0 spiro atoms. The van der Waals surface area contributed by atoms with Crippen LogP contribution in [-0.2, 0) is 4.79 Å². The molecule has 1 fully saturated rings. The summed E-state index contributed by atoms with van der Waals surface area (Å²) >= 11 is 3.43. The van der Waals surface area contributed by atoms with Crippen molar-refractivity contribution in [3.63, 3.8) is 0 Å². The maximum atomic E-state index is 12.6. The number of carbonyl (C=O) groups is 1. The first-order valence-corrected chi connectivity index (χ1v) is 8.14. The molecule has 1 heterocycles. The van der Waals surface area contributed by atoms with E-state index in [1.807, 2.05) is 31.2 Å². The predicted molar refractivity (Wildman–Crippen MR) is 85.5 cm³/mol. The van der Waals surface area contributed by atoms with Gasteiger partial charge in [-0.25, -0.2) is 0 Å². The molecule has 0 aliphatic carbocycles. The minimum Gasteiger partial charge on any atom is -0.349 e. The van der Waals surface area contributed by atoms with Gasteiger partial charge in [0.25, 0.3) is 0 Å². The zero-order valence-electron chi connectivity index (χ0n) is 12.2. The highest BCUT2D eigenvalue weighted by Gasteiger charge is 2.38. The van der Waals surface area contributed by atoms with Crippen LogP contribution in [0.1, 0.15) is 44.7 Å². The van der Waals surface area contributed by atoms with Gasteiger partial charge in [-0.05, 0) is 50.4 Å². The monoisotopic (exact) mass is 338 g/mol. The lowest BCUT2D eigenvalue weighted by Crippen LogP contribution is -2.50. The van der Waals surface area contributed by atoms with E-state index in [0.29, 0.717) is 0 Å². The lowest BCUT2D eigenvalue weighted by atomic mass is 9.77. The average Bonchev–Trinajstić information content (AvgIpc) is 2.48. The fourth-order valence-electron chi connectivity index (χ4n) is 2.81. The van der Waals surface area contributed by atoms with Crippen LogP contribution < -0.4 is 10.6 Å². The number of nitrogens with one attached hydrogen (secondary N) is 2. The molecule has 1 aromatic rings. The number of benzene rings is 1. The Morgan fingerprint density at radius 2 is 2.15 bits per heavy atom. The van der Waals surface area contributed by atoms with Gasteiger partial charge >= 0.3 is 0 Å². The number of carbonyl (C=O) groups excluding carboxylic acids is 1. The molecule has 4 heteroatoms. The van der Waals surface area contributed by atoms with Crippen LogP contribution >= 0.6 is 15.9 Å². The van der Waals surface area contributed by atoms with Crippen LogP contribution in [0.4, 0.5) is 0 Å². The van der Waals surface area contributed by atoms with Crippen molar-refractivity contribution in [2.75, 3.05) is 13.1 Å². The summed E-state index contributed by atoms with van der Waals surface area (Å²) in [4.78, 5) is 12.6. The van der Waals surface area contributed by atoms with E-state index in [-0.39, 0.29) is 17.4 Å². The molecule has 1 aromatic carbocycles. The molecule has 1 aliphatic rings. The van der Waals surface area contributed by atoms with E-state index < -0.39 is 0 Å². The molecule has 2 atom stereocenters. The second-order valence-electron chi connectivity index (χ2n) is 5.66. The van der Waals surface area contributed by atoms with Crippen molar-refractivity contribution in [2.45, 2.75) is 39.2 Å². The first-order chi connectivity index (χ1) is 9.57. The maximum absolute atomic E-state index is 12.6. The Morgan fingerprint density at radius 1 is 1.45 bits per heavy atom. The van der Waals surface area contributed by atoms with Gasteiger partial charge in [-0.2, -0.15) is 0 Å². The molecule has 1 aliphatic heterocycles. The van der Waals surface area contributed by atoms with E-state index in [1.165, 1.54) is 0 Å². The van der Waals surface area contributed by atoms with Gasteiger partial charge in [0, 0.05) is 11.0 Å². The van der Waals surface area contributed by atoms with Crippen LogP contribution in [0.3, 0.4) is 0 Å². The Bertz CT molecular complexity index is 452. The first-order valence-electron chi connectivity index (χ1n) is 7.34. The number of rotatable bonds is 4. The highest BCUT2D eigenvalue weighted by Crippen LogP contribution is 2.31. The molecule has 2 N–H and O–H groups in total. The molecule has 20 heavy (non-hydrogen) atoms. The number of hydrogen-bond donors (Lipinski definition) is 2. The van der Waals surface area contributed by atoms with E-state index in [9.17, 15) is 4.79 Å². The summed E-state index contributed by atoms with van der Waals surface area (Å²) in [6.07, 6.45) is 2.95. The van der Waals surface area contributed by atoms with Crippen molar-refractivity contribution >= 4 is 21.8 Å². The quantitative estimate of drug-likeness (QED) is 0.883. The van der Waals surface area contributed by atoms with E-state index in [2.05, 4.69) is 33.5 Å². The number of halogens is 1. The van der Waals surface area contributed by atoms with Crippen molar-refractivity contribution in [3.05, 3.63) is 34.3 Å². The standard InChI is InChI=1S/C16H23BrN2O/c1-3-16(9-4-10-18-11-16)15(20)19-12(2)13-5-7-14(17)8-6-13/h5-8,12,18H,3-4,9-11H2,1-2H3,(H,19,20). The summed E-state index contributed by atoms with van der Waals surface area (Å²) in [6, 6.07) is 8.16. The molecule has 0 aromatic heterocycles. The van der Waals surface area contributed by atoms with E-state index in [0.717, 1.165) is 42.4 Å². The molecular formula is C16H23BrN2O. The third-order valence-electron chi connectivity index (χ3n) is 4.35. The average molecular weight is 339 g/mol. The topological polar surface area (TPSA) is 41.1 Å². The van der Waals surface area contributed by atoms with Gasteiger partial charge in [0.2, 0.25) is 5.91 Å². The molecule has 0 saturated carbocycles. The van der Waals surface area contributed by atoms with Crippen LogP contribution in [-0.4, -0.2) is 19.0 Å². The predicted octanol–water partition coefficient (Wildman–Crippen LogP) is 3.41. The molecule has 110 valence electrons. The fourth-order valence-corrected chi connectivity index (χ4v) is 3.07. The lowest BCUT2D eigenvalue weighted by molar-refractivity contribution is -0.133. The van der Waals surface area contributed by atoms with Crippen molar-refractivity contribution in [2.24, 2.45) is 5.41 Å². The van der Waals surface area contributed by atoms with Crippen LogP contribution in [0.5, 0.6) is 0 Å². The highest BCUT2D eigenvalue weighted by atomic mass is 79.9. The number of amides is 1. The molecule has 2 unspecified atom stereocenters. The van der Waals surface area contributed by atoms with Gasteiger partial charge in [-0.3, -0.25) is 4.79 Å². The Hall–Kier alpha value is -0.870. The van der Waals surface area contributed by atoms with E-state index in [4.69, 9.17) is 0 Å². The van der Waals surface area contributed by atoms with Gasteiger partial charge in [-0.1, -0.05) is 35.0 Å². The van der Waals surface area contributed by atoms with Gasteiger partial charge in [-0.15, -0.1) is 0 Å². The first kappa shape index (κ1) is 15.5. The molecule has 0 radical (unpaired) electrons. The fraction of sp³-hybridized carbons (Fsp3) is 0.562. The van der Waals surface area contributed by atoms with E-state index in [1.54, 1.807) is 0 Å². The van der Waals surface area contributed by atoms with Gasteiger partial charge < -0.3 is 10.6 Å². The second kappa shape index (κ2) is 6.72. The van der Waals surface area contributed by atoms with Crippen LogP contribution in [0, 0.1) is 5.41 Å². The SMILES string of the molecule is CCC1(C(=O)NC(C)c2ccc(Br)cc2)CCCNC1. The minimum absolute atomic E-state index is 0.0425. The van der Waals surface area contributed by atoms with Crippen molar-refractivity contribution < 1.29 is 4.79 Å². The molecule has 3 nitrogen and oxygen atoms in total. The van der Waals surface area contributed by atoms with Gasteiger partial charge in [0.15, 0.2) is 0 Å².